The minimum absolute atomic E-state index is 0.669. The van der Waals surface area contributed by atoms with Crippen LogP contribution in [-0.2, 0) is 0 Å². The minimum atomic E-state index is 0.669. The number of hydrogen-bond donors (Lipinski definition) is 0. The Hall–Kier alpha value is -8.92. The molecule has 314 valence electrons. The molecule has 0 aliphatic carbocycles. The molecule has 0 bridgehead atoms. The molecule has 2 heterocycles. The second kappa shape index (κ2) is 17.2. The van der Waals surface area contributed by atoms with Crippen LogP contribution in [0.4, 0.5) is 0 Å². The smallest absolute Gasteiger partial charge is 0.162 e. The fourth-order valence-corrected chi connectivity index (χ4v) is 9.46. The summed E-state index contributed by atoms with van der Waals surface area (Å²) in [5, 5.41) is 2.13. The summed E-state index contributed by atoms with van der Waals surface area (Å²) in [6.45, 7) is 0. The number of aromatic nitrogens is 3. The van der Waals surface area contributed by atoms with Gasteiger partial charge in [-0.1, -0.05) is 212 Å². The molecule has 0 unspecified atom stereocenters. The quantitative estimate of drug-likeness (QED) is 0.145. The Morgan fingerprint density at radius 2 is 0.597 bits per heavy atom. The van der Waals surface area contributed by atoms with E-state index in [1.54, 1.807) is 0 Å². The lowest BCUT2D eigenvalue weighted by molar-refractivity contribution is 1.11. The summed E-state index contributed by atoms with van der Waals surface area (Å²) in [6.07, 6.45) is 0. The fraction of sp³-hybridized carbons (Fsp3) is 0. The molecule has 0 radical (unpaired) electrons. The zero-order chi connectivity index (χ0) is 44.5. The maximum atomic E-state index is 5.55. The first-order valence-electron chi connectivity index (χ1n) is 22.8. The standard InChI is InChI=1S/C64H43N3/c1-4-17-44(18-5-1)46-35-37-47(38-36-46)49-22-13-24-51(40-49)55-28-16-30-57(43-55)63-65-62(61-59-33-10-11-34-60(59)67(64(61)66-63)58-31-8-3-9-32-58)56-29-15-27-54(42-56)53-26-14-25-52(41-53)50-23-12-21-48(39-50)45-19-6-2-7-20-45/h1-43H. The van der Waals surface area contributed by atoms with Gasteiger partial charge in [0.15, 0.2) is 5.82 Å². The molecule has 0 spiro atoms. The van der Waals surface area contributed by atoms with Crippen molar-refractivity contribution in [2.24, 2.45) is 0 Å². The average molecular weight is 854 g/mol. The van der Waals surface area contributed by atoms with Crippen LogP contribution >= 0.6 is 0 Å². The highest BCUT2D eigenvalue weighted by Gasteiger charge is 2.21. The third-order valence-electron chi connectivity index (χ3n) is 12.8. The lowest BCUT2D eigenvalue weighted by Gasteiger charge is -2.13. The zero-order valence-corrected chi connectivity index (χ0v) is 36.7. The summed E-state index contributed by atoms with van der Waals surface area (Å²) in [5.74, 6) is 0.669. The summed E-state index contributed by atoms with van der Waals surface area (Å²) >= 11 is 0. The van der Waals surface area contributed by atoms with Gasteiger partial charge in [-0.3, -0.25) is 4.57 Å². The first-order chi connectivity index (χ1) is 33.2. The molecule has 0 saturated carbocycles. The van der Waals surface area contributed by atoms with E-state index in [1.807, 2.05) is 0 Å². The Balaban J connectivity index is 0.972. The number of benzene rings is 10. The molecule has 3 heteroatoms. The van der Waals surface area contributed by atoms with E-state index >= 15 is 0 Å². The van der Waals surface area contributed by atoms with Gasteiger partial charge in [0.2, 0.25) is 0 Å². The van der Waals surface area contributed by atoms with Crippen molar-refractivity contribution in [3.63, 3.8) is 0 Å². The first kappa shape index (κ1) is 39.7. The molecule has 67 heavy (non-hydrogen) atoms. The maximum Gasteiger partial charge on any atom is 0.162 e. The molecule has 0 aliphatic heterocycles. The second-order valence-electron chi connectivity index (χ2n) is 17.0. The summed E-state index contributed by atoms with van der Waals surface area (Å²) in [6, 6.07) is 93.0. The van der Waals surface area contributed by atoms with Gasteiger partial charge in [-0.2, -0.15) is 0 Å². The predicted octanol–water partition coefficient (Wildman–Crippen LogP) is 16.9. The van der Waals surface area contributed by atoms with E-state index < -0.39 is 0 Å². The summed E-state index contributed by atoms with van der Waals surface area (Å²) in [7, 11) is 0. The topological polar surface area (TPSA) is 30.7 Å². The molecule has 0 atom stereocenters. The Morgan fingerprint density at radius 3 is 1.12 bits per heavy atom. The first-order valence-corrected chi connectivity index (χ1v) is 22.8. The molecular weight excluding hydrogens is 811 g/mol. The monoisotopic (exact) mass is 853 g/mol. The van der Waals surface area contributed by atoms with Crippen molar-refractivity contribution in [1.29, 1.82) is 0 Å². The van der Waals surface area contributed by atoms with Crippen molar-refractivity contribution in [3.05, 3.63) is 261 Å². The van der Waals surface area contributed by atoms with E-state index in [0.717, 1.165) is 66.7 Å². The Labute approximate surface area is 390 Å². The maximum absolute atomic E-state index is 5.55. The molecule has 0 fully saturated rings. The van der Waals surface area contributed by atoms with Crippen LogP contribution in [0.3, 0.4) is 0 Å². The molecule has 3 nitrogen and oxygen atoms in total. The number of para-hydroxylation sites is 2. The number of fused-ring (bicyclic) bond motifs is 3. The van der Waals surface area contributed by atoms with Crippen LogP contribution in [0, 0.1) is 0 Å². The Kier molecular flexibility index (Phi) is 10.2. The van der Waals surface area contributed by atoms with Gasteiger partial charge in [0.05, 0.1) is 16.6 Å². The van der Waals surface area contributed by atoms with Crippen LogP contribution in [0.15, 0.2) is 261 Å². The SMILES string of the molecule is c1ccc(-c2ccc(-c3cccc(-c4cccc(-c5nc(-c6cccc(-c7cccc(-c8cccc(-c9ccccc9)c8)c7)c6)c6c7ccccc7n(-c7ccccc7)c6n5)c4)c3)cc2)cc1. The van der Waals surface area contributed by atoms with Crippen LogP contribution < -0.4 is 0 Å². The van der Waals surface area contributed by atoms with Crippen molar-refractivity contribution in [1.82, 2.24) is 14.5 Å². The Bertz CT molecular complexity index is 3720. The zero-order valence-electron chi connectivity index (χ0n) is 36.7. The van der Waals surface area contributed by atoms with E-state index in [1.165, 1.54) is 44.5 Å². The molecule has 0 amide bonds. The lowest BCUT2D eigenvalue weighted by atomic mass is 9.95. The third kappa shape index (κ3) is 7.69. The fourth-order valence-electron chi connectivity index (χ4n) is 9.46. The van der Waals surface area contributed by atoms with E-state index in [4.69, 9.17) is 9.97 Å². The lowest BCUT2D eigenvalue weighted by Crippen LogP contribution is -1.99. The van der Waals surface area contributed by atoms with Gasteiger partial charge in [0.1, 0.15) is 5.65 Å². The highest BCUT2D eigenvalue weighted by atomic mass is 15.1. The van der Waals surface area contributed by atoms with Crippen LogP contribution in [0.1, 0.15) is 0 Å². The van der Waals surface area contributed by atoms with Crippen molar-refractivity contribution in [2.75, 3.05) is 0 Å². The predicted molar refractivity (Wildman–Crippen MR) is 280 cm³/mol. The van der Waals surface area contributed by atoms with Crippen LogP contribution in [0.25, 0.3) is 117 Å². The highest BCUT2D eigenvalue weighted by molar-refractivity contribution is 6.14. The van der Waals surface area contributed by atoms with Gasteiger partial charge in [-0.25, -0.2) is 9.97 Å². The van der Waals surface area contributed by atoms with Crippen molar-refractivity contribution >= 4 is 21.9 Å². The van der Waals surface area contributed by atoms with Crippen molar-refractivity contribution in [2.45, 2.75) is 0 Å². The molecular formula is C64H43N3. The molecule has 12 rings (SSSR count). The largest absolute Gasteiger partial charge is 0.294 e. The normalized spacial score (nSPS) is 11.3. The molecule has 0 aliphatic rings. The molecule has 2 aromatic heterocycles. The molecule has 12 aromatic rings. The van der Waals surface area contributed by atoms with E-state index in [9.17, 15) is 0 Å². The number of hydrogen-bond acceptors (Lipinski definition) is 2. The van der Waals surface area contributed by atoms with Crippen LogP contribution in [0.2, 0.25) is 0 Å². The van der Waals surface area contributed by atoms with Gasteiger partial charge < -0.3 is 0 Å². The van der Waals surface area contributed by atoms with Gasteiger partial charge >= 0.3 is 0 Å². The third-order valence-corrected chi connectivity index (χ3v) is 12.8. The van der Waals surface area contributed by atoms with Gasteiger partial charge in [0.25, 0.3) is 0 Å². The number of nitrogens with zero attached hydrogens (tertiary/aromatic N) is 3. The van der Waals surface area contributed by atoms with Gasteiger partial charge in [0, 0.05) is 22.2 Å². The summed E-state index contributed by atoms with van der Waals surface area (Å²) < 4.78 is 2.28. The van der Waals surface area contributed by atoms with E-state index in [2.05, 4.69) is 265 Å². The van der Waals surface area contributed by atoms with Gasteiger partial charge in [-0.15, -0.1) is 0 Å². The van der Waals surface area contributed by atoms with Crippen LogP contribution in [0.5, 0.6) is 0 Å². The Morgan fingerprint density at radius 1 is 0.254 bits per heavy atom. The second-order valence-corrected chi connectivity index (χ2v) is 17.0. The highest BCUT2D eigenvalue weighted by Crippen LogP contribution is 2.40. The van der Waals surface area contributed by atoms with E-state index in [0.29, 0.717) is 5.82 Å². The van der Waals surface area contributed by atoms with Crippen LogP contribution in [-0.4, -0.2) is 14.5 Å². The van der Waals surface area contributed by atoms with E-state index in [-0.39, 0.29) is 0 Å². The summed E-state index contributed by atoms with van der Waals surface area (Å²) in [5.41, 5.74) is 19.9. The average Bonchev–Trinajstić information content (AvgIpc) is 3.76. The molecule has 10 aromatic carbocycles. The minimum Gasteiger partial charge on any atom is -0.294 e. The molecule has 0 N–H and O–H groups in total. The number of rotatable bonds is 9. The van der Waals surface area contributed by atoms with Gasteiger partial charge in [-0.05, 0) is 115 Å². The molecule has 0 saturated heterocycles. The van der Waals surface area contributed by atoms with Crippen molar-refractivity contribution < 1.29 is 0 Å². The van der Waals surface area contributed by atoms with Crippen molar-refractivity contribution in [3.8, 4) is 95.1 Å². The summed E-state index contributed by atoms with van der Waals surface area (Å²) in [4.78, 5) is 11.0.